The zero-order valence-electron chi connectivity index (χ0n) is 17.9. The first-order valence-electron chi connectivity index (χ1n) is 10.6. The zero-order chi connectivity index (χ0) is 21.8. The quantitative estimate of drug-likeness (QED) is 0.564. The fraction of sp³-hybridized carbons (Fsp3) is 0.375. The molecule has 4 rings (SSSR count). The minimum absolute atomic E-state index is 0.0410. The van der Waals surface area contributed by atoms with E-state index in [4.69, 9.17) is 16.1 Å². The topological polar surface area (TPSA) is 62.5 Å². The van der Waals surface area contributed by atoms with Gasteiger partial charge in [0.25, 0.3) is 0 Å². The molecule has 1 aromatic heterocycles. The van der Waals surface area contributed by atoms with Crippen LogP contribution < -0.4 is 0 Å². The molecule has 2 heterocycles. The third kappa shape index (κ3) is 5.32. The minimum atomic E-state index is -0.0410. The number of amides is 1. The third-order valence-corrected chi connectivity index (χ3v) is 6.10. The van der Waals surface area contributed by atoms with Crippen LogP contribution in [-0.4, -0.2) is 46.0 Å². The molecular formula is C24H27ClN4O2. The molecule has 1 saturated heterocycles. The number of hydrogen-bond acceptors (Lipinski definition) is 5. The predicted octanol–water partition coefficient (Wildman–Crippen LogP) is 4.57. The second kappa shape index (κ2) is 9.62. The molecule has 0 bridgehead atoms. The van der Waals surface area contributed by atoms with Crippen molar-refractivity contribution in [3.8, 4) is 11.4 Å². The van der Waals surface area contributed by atoms with Crippen molar-refractivity contribution >= 4 is 17.5 Å². The van der Waals surface area contributed by atoms with Gasteiger partial charge in [-0.25, -0.2) is 0 Å². The zero-order valence-corrected chi connectivity index (χ0v) is 18.7. The summed E-state index contributed by atoms with van der Waals surface area (Å²) in [6, 6.07) is 15.8. The number of likely N-dealkylation sites (tertiary alicyclic amines) is 1. The van der Waals surface area contributed by atoms with Gasteiger partial charge in [0, 0.05) is 30.7 Å². The maximum atomic E-state index is 13.1. The summed E-state index contributed by atoms with van der Waals surface area (Å²) in [5.41, 5.74) is 3.17. The molecule has 7 heteroatoms. The molecule has 3 aromatic rings. The highest BCUT2D eigenvalue weighted by Crippen LogP contribution is 2.24. The van der Waals surface area contributed by atoms with Gasteiger partial charge >= 0.3 is 0 Å². The fourth-order valence-corrected chi connectivity index (χ4v) is 4.20. The Balaban J connectivity index is 1.35. The third-order valence-electron chi connectivity index (χ3n) is 5.73. The Morgan fingerprint density at radius 3 is 2.77 bits per heavy atom. The number of piperidine rings is 1. The van der Waals surface area contributed by atoms with E-state index in [1.165, 1.54) is 5.56 Å². The molecule has 0 N–H and O–H groups in total. The fourth-order valence-electron chi connectivity index (χ4n) is 4.00. The van der Waals surface area contributed by atoms with Gasteiger partial charge in [0.15, 0.2) is 0 Å². The van der Waals surface area contributed by atoms with Crippen LogP contribution in [0.1, 0.15) is 29.9 Å². The maximum Gasteiger partial charge on any atom is 0.246 e. The van der Waals surface area contributed by atoms with Crippen LogP contribution in [0.25, 0.3) is 11.4 Å². The normalized spacial score (nSPS) is 16.9. The molecule has 0 spiro atoms. The number of nitrogens with zero attached hydrogens (tertiary/aromatic N) is 4. The summed E-state index contributed by atoms with van der Waals surface area (Å²) in [4.78, 5) is 21.5. The molecule has 1 atom stereocenters. The van der Waals surface area contributed by atoms with Gasteiger partial charge in [-0.1, -0.05) is 64.8 Å². The van der Waals surface area contributed by atoms with Crippen molar-refractivity contribution in [2.45, 2.75) is 32.9 Å². The van der Waals surface area contributed by atoms with Gasteiger partial charge in [0.05, 0.1) is 12.5 Å². The van der Waals surface area contributed by atoms with Crippen molar-refractivity contribution in [3.05, 3.63) is 70.6 Å². The highest BCUT2D eigenvalue weighted by Gasteiger charge is 2.29. The number of aromatic nitrogens is 2. The standard InChI is InChI=1S/C24H27ClN4O2/c1-17-9-11-18(12-10-17)23-26-22(31-27-23)16-28(2)24(30)20-7-5-13-29(15-20)14-19-6-3-4-8-21(19)25/h3-4,6,8-12,20H,5,7,13-16H2,1-2H3/t20-/m0/s1. The Morgan fingerprint density at radius 2 is 2.00 bits per heavy atom. The summed E-state index contributed by atoms with van der Waals surface area (Å²) in [5, 5.41) is 4.84. The van der Waals surface area contributed by atoms with Crippen LogP contribution >= 0.6 is 11.6 Å². The van der Waals surface area contributed by atoms with E-state index in [0.717, 1.165) is 48.6 Å². The molecule has 0 saturated carbocycles. The van der Waals surface area contributed by atoms with Gasteiger partial charge in [-0.15, -0.1) is 0 Å². The minimum Gasteiger partial charge on any atom is -0.337 e. The largest absolute Gasteiger partial charge is 0.337 e. The van der Waals surface area contributed by atoms with Gasteiger partial charge in [-0.05, 0) is 37.9 Å². The average Bonchev–Trinajstić information content (AvgIpc) is 3.24. The van der Waals surface area contributed by atoms with Crippen LogP contribution in [0.15, 0.2) is 53.1 Å². The first-order valence-corrected chi connectivity index (χ1v) is 11.0. The maximum absolute atomic E-state index is 13.1. The van der Waals surface area contributed by atoms with Crippen LogP contribution in [0.5, 0.6) is 0 Å². The van der Waals surface area contributed by atoms with E-state index in [0.29, 0.717) is 18.3 Å². The monoisotopic (exact) mass is 438 g/mol. The van der Waals surface area contributed by atoms with E-state index in [2.05, 4.69) is 15.0 Å². The van der Waals surface area contributed by atoms with Gasteiger partial charge in [-0.3, -0.25) is 9.69 Å². The van der Waals surface area contributed by atoms with Crippen LogP contribution in [-0.2, 0) is 17.9 Å². The number of rotatable bonds is 6. The van der Waals surface area contributed by atoms with Crippen molar-refractivity contribution in [3.63, 3.8) is 0 Å². The number of benzene rings is 2. The molecule has 1 aliphatic heterocycles. The van der Waals surface area contributed by atoms with Crippen LogP contribution in [0.2, 0.25) is 5.02 Å². The molecule has 2 aromatic carbocycles. The number of halogens is 1. The lowest BCUT2D eigenvalue weighted by atomic mass is 9.96. The van der Waals surface area contributed by atoms with E-state index in [1.54, 1.807) is 11.9 Å². The number of aryl methyl sites for hydroxylation is 1. The van der Waals surface area contributed by atoms with Gasteiger partial charge in [-0.2, -0.15) is 4.98 Å². The van der Waals surface area contributed by atoms with Gasteiger partial charge in [0.1, 0.15) is 0 Å². The molecule has 162 valence electrons. The molecule has 0 unspecified atom stereocenters. The highest BCUT2D eigenvalue weighted by molar-refractivity contribution is 6.31. The second-order valence-electron chi connectivity index (χ2n) is 8.24. The van der Waals surface area contributed by atoms with Gasteiger partial charge < -0.3 is 9.42 Å². The second-order valence-corrected chi connectivity index (χ2v) is 8.64. The van der Waals surface area contributed by atoms with Crippen molar-refractivity contribution in [1.82, 2.24) is 19.9 Å². The lowest BCUT2D eigenvalue weighted by Crippen LogP contribution is -2.43. The lowest BCUT2D eigenvalue weighted by Gasteiger charge is -2.33. The average molecular weight is 439 g/mol. The SMILES string of the molecule is Cc1ccc(-c2noc(CN(C)C(=O)[C@H]3CCCN(Cc4ccccc4Cl)C3)n2)cc1. The van der Waals surface area contributed by atoms with E-state index >= 15 is 0 Å². The highest BCUT2D eigenvalue weighted by atomic mass is 35.5. The molecule has 1 aliphatic rings. The summed E-state index contributed by atoms with van der Waals surface area (Å²) < 4.78 is 5.39. The smallest absolute Gasteiger partial charge is 0.246 e. The molecule has 0 radical (unpaired) electrons. The lowest BCUT2D eigenvalue weighted by molar-refractivity contribution is -0.137. The number of hydrogen-bond donors (Lipinski definition) is 0. The van der Waals surface area contributed by atoms with E-state index < -0.39 is 0 Å². The predicted molar refractivity (Wildman–Crippen MR) is 120 cm³/mol. The van der Waals surface area contributed by atoms with Crippen molar-refractivity contribution < 1.29 is 9.32 Å². The van der Waals surface area contributed by atoms with E-state index in [1.807, 2.05) is 55.5 Å². The van der Waals surface area contributed by atoms with Crippen molar-refractivity contribution in [1.29, 1.82) is 0 Å². The molecule has 0 aliphatic carbocycles. The number of carbonyl (C=O) groups excluding carboxylic acids is 1. The molecule has 1 amide bonds. The van der Waals surface area contributed by atoms with Gasteiger partial charge in [0.2, 0.25) is 17.6 Å². The molecule has 31 heavy (non-hydrogen) atoms. The Labute approximate surface area is 187 Å². The summed E-state index contributed by atoms with van der Waals surface area (Å²) in [5.74, 6) is 1.05. The summed E-state index contributed by atoms with van der Waals surface area (Å²) >= 11 is 6.31. The Morgan fingerprint density at radius 1 is 1.23 bits per heavy atom. The first kappa shape index (κ1) is 21.5. The molecule has 1 fully saturated rings. The summed E-state index contributed by atoms with van der Waals surface area (Å²) in [6.07, 6.45) is 1.88. The van der Waals surface area contributed by atoms with Crippen LogP contribution in [0.4, 0.5) is 0 Å². The van der Waals surface area contributed by atoms with Crippen molar-refractivity contribution in [2.75, 3.05) is 20.1 Å². The van der Waals surface area contributed by atoms with Crippen molar-refractivity contribution in [2.24, 2.45) is 5.92 Å². The summed E-state index contributed by atoms with van der Waals surface area (Å²) in [6.45, 7) is 4.80. The summed E-state index contributed by atoms with van der Waals surface area (Å²) in [7, 11) is 1.80. The Hall–Kier alpha value is -2.70. The molecular weight excluding hydrogens is 412 g/mol. The molecule has 6 nitrogen and oxygen atoms in total. The van der Waals surface area contributed by atoms with E-state index in [-0.39, 0.29) is 11.8 Å². The van der Waals surface area contributed by atoms with Crippen LogP contribution in [0, 0.1) is 12.8 Å². The first-order chi connectivity index (χ1) is 15.0. The Kier molecular flexibility index (Phi) is 6.68. The Bertz CT molecular complexity index is 1030. The number of carbonyl (C=O) groups is 1. The van der Waals surface area contributed by atoms with Crippen LogP contribution in [0.3, 0.4) is 0 Å². The van der Waals surface area contributed by atoms with E-state index in [9.17, 15) is 4.79 Å².